The lowest BCUT2D eigenvalue weighted by Gasteiger charge is -2.22. The summed E-state index contributed by atoms with van der Waals surface area (Å²) in [6, 6.07) is 6.66. The molecule has 0 aromatic heterocycles. The summed E-state index contributed by atoms with van der Waals surface area (Å²) in [6.07, 6.45) is 2.28. The van der Waals surface area contributed by atoms with Crippen LogP contribution in [0, 0.1) is 5.82 Å². The molecule has 0 heterocycles. The quantitative estimate of drug-likeness (QED) is 0.777. The number of hydrogen-bond donors (Lipinski definition) is 2. The van der Waals surface area contributed by atoms with Crippen LogP contribution in [-0.4, -0.2) is 40.9 Å². The summed E-state index contributed by atoms with van der Waals surface area (Å²) in [5.41, 5.74) is 0.620. The molecule has 18 heavy (non-hydrogen) atoms. The molecule has 2 N–H and O–H groups in total. The fourth-order valence-corrected chi connectivity index (χ4v) is 2.21. The van der Waals surface area contributed by atoms with Gasteiger partial charge in [-0.1, -0.05) is 12.1 Å². The Kier molecular flexibility index (Phi) is 4.69. The summed E-state index contributed by atoms with van der Waals surface area (Å²) >= 11 is 0. The Morgan fingerprint density at radius 1 is 1.33 bits per heavy atom. The second-order valence-corrected chi connectivity index (χ2v) is 4.85. The van der Waals surface area contributed by atoms with E-state index in [1.807, 2.05) is 0 Å². The summed E-state index contributed by atoms with van der Waals surface area (Å²) in [7, 11) is 0. The Balaban J connectivity index is 1.84. The van der Waals surface area contributed by atoms with Gasteiger partial charge >= 0.3 is 0 Å². The molecule has 1 saturated carbocycles. The highest BCUT2D eigenvalue weighted by atomic mass is 19.1. The predicted molar refractivity (Wildman–Crippen MR) is 67.7 cm³/mol. The van der Waals surface area contributed by atoms with E-state index in [0.29, 0.717) is 24.6 Å². The van der Waals surface area contributed by atoms with Crippen LogP contribution in [0.1, 0.15) is 30.9 Å². The maximum absolute atomic E-state index is 13.0. The molecule has 0 radical (unpaired) electrons. The van der Waals surface area contributed by atoms with Gasteiger partial charge in [0, 0.05) is 19.1 Å². The number of aliphatic hydroxyl groups is 2. The SMILES string of the molecule is OCCN(CCC(O)c1cccc(F)c1)C1CC1. The summed E-state index contributed by atoms with van der Waals surface area (Å²) in [4.78, 5) is 2.20. The first-order valence-corrected chi connectivity index (χ1v) is 6.49. The van der Waals surface area contributed by atoms with Crippen molar-refractivity contribution >= 4 is 0 Å². The Labute approximate surface area is 107 Å². The van der Waals surface area contributed by atoms with Crippen LogP contribution in [0.5, 0.6) is 0 Å². The van der Waals surface area contributed by atoms with E-state index in [1.165, 1.54) is 25.0 Å². The van der Waals surface area contributed by atoms with E-state index in [1.54, 1.807) is 12.1 Å². The smallest absolute Gasteiger partial charge is 0.123 e. The zero-order valence-electron chi connectivity index (χ0n) is 10.4. The molecule has 3 nitrogen and oxygen atoms in total. The highest BCUT2D eigenvalue weighted by molar-refractivity contribution is 5.18. The number of benzene rings is 1. The third-order valence-electron chi connectivity index (χ3n) is 3.37. The summed E-state index contributed by atoms with van der Waals surface area (Å²) in [5.74, 6) is -0.319. The third kappa shape index (κ3) is 3.77. The van der Waals surface area contributed by atoms with Gasteiger partial charge < -0.3 is 10.2 Å². The van der Waals surface area contributed by atoms with Crippen molar-refractivity contribution in [3.63, 3.8) is 0 Å². The van der Waals surface area contributed by atoms with Gasteiger partial charge in [-0.15, -0.1) is 0 Å². The number of halogens is 1. The van der Waals surface area contributed by atoms with Crippen molar-refractivity contribution in [3.8, 4) is 0 Å². The highest BCUT2D eigenvalue weighted by Crippen LogP contribution is 2.28. The van der Waals surface area contributed by atoms with Gasteiger partial charge in [-0.25, -0.2) is 4.39 Å². The van der Waals surface area contributed by atoms with Gasteiger partial charge in [0.15, 0.2) is 0 Å². The molecule has 1 aromatic rings. The fourth-order valence-electron chi connectivity index (χ4n) is 2.21. The van der Waals surface area contributed by atoms with E-state index in [9.17, 15) is 9.50 Å². The number of rotatable bonds is 7. The van der Waals surface area contributed by atoms with E-state index in [0.717, 1.165) is 6.54 Å². The van der Waals surface area contributed by atoms with Crippen LogP contribution >= 0.6 is 0 Å². The zero-order chi connectivity index (χ0) is 13.0. The topological polar surface area (TPSA) is 43.7 Å². The lowest BCUT2D eigenvalue weighted by atomic mass is 10.1. The maximum Gasteiger partial charge on any atom is 0.123 e. The van der Waals surface area contributed by atoms with Crippen LogP contribution in [0.2, 0.25) is 0 Å². The molecular formula is C14H20FNO2. The molecule has 1 atom stereocenters. The molecule has 1 unspecified atom stereocenters. The molecule has 0 amide bonds. The number of hydrogen-bond acceptors (Lipinski definition) is 3. The van der Waals surface area contributed by atoms with Crippen molar-refractivity contribution in [1.82, 2.24) is 4.90 Å². The molecule has 1 aliphatic rings. The van der Waals surface area contributed by atoms with E-state index in [2.05, 4.69) is 4.90 Å². The molecule has 0 saturated heterocycles. The lowest BCUT2D eigenvalue weighted by molar-refractivity contribution is 0.127. The van der Waals surface area contributed by atoms with Crippen LogP contribution < -0.4 is 0 Å². The van der Waals surface area contributed by atoms with Gasteiger partial charge in [0.25, 0.3) is 0 Å². The lowest BCUT2D eigenvalue weighted by Crippen LogP contribution is -2.31. The summed E-state index contributed by atoms with van der Waals surface area (Å²) in [5, 5.41) is 19.0. The normalized spacial score (nSPS) is 17.1. The van der Waals surface area contributed by atoms with Crippen molar-refractivity contribution < 1.29 is 14.6 Å². The van der Waals surface area contributed by atoms with Crippen LogP contribution in [0.3, 0.4) is 0 Å². The maximum atomic E-state index is 13.0. The fraction of sp³-hybridized carbons (Fsp3) is 0.571. The van der Waals surface area contributed by atoms with Gasteiger partial charge in [0.2, 0.25) is 0 Å². The molecule has 0 bridgehead atoms. The largest absolute Gasteiger partial charge is 0.395 e. The number of aliphatic hydroxyl groups excluding tert-OH is 2. The standard InChI is InChI=1S/C14H20FNO2/c15-12-3-1-2-11(10-12)14(18)6-7-16(8-9-17)13-4-5-13/h1-3,10,13-14,17-18H,4-9H2. The van der Waals surface area contributed by atoms with Gasteiger partial charge in [0.1, 0.15) is 5.82 Å². The zero-order valence-corrected chi connectivity index (χ0v) is 10.4. The van der Waals surface area contributed by atoms with Crippen molar-refractivity contribution in [2.75, 3.05) is 19.7 Å². The highest BCUT2D eigenvalue weighted by Gasteiger charge is 2.28. The first kappa shape index (κ1) is 13.5. The summed E-state index contributed by atoms with van der Waals surface area (Å²) in [6.45, 7) is 1.54. The van der Waals surface area contributed by atoms with Gasteiger partial charge in [-0.05, 0) is 37.0 Å². The molecule has 1 fully saturated rings. The molecule has 1 aliphatic carbocycles. The second kappa shape index (κ2) is 6.27. The molecule has 1 aromatic carbocycles. The monoisotopic (exact) mass is 253 g/mol. The van der Waals surface area contributed by atoms with Gasteiger partial charge in [-0.3, -0.25) is 4.90 Å². The van der Waals surface area contributed by atoms with Crippen molar-refractivity contribution in [2.45, 2.75) is 31.4 Å². The average molecular weight is 253 g/mol. The van der Waals surface area contributed by atoms with Crippen LogP contribution in [0.15, 0.2) is 24.3 Å². The Morgan fingerprint density at radius 2 is 2.11 bits per heavy atom. The van der Waals surface area contributed by atoms with E-state index < -0.39 is 6.10 Å². The molecule has 100 valence electrons. The first-order valence-electron chi connectivity index (χ1n) is 6.49. The van der Waals surface area contributed by atoms with Crippen LogP contribution in [-0.2, 0) is 0 Å². The Hall–Kier alpha value is -0.970. The molecular weight excluding hydrogens is 233 g/mol. The first-order chi connectivity index (χ1) is 8.70. The molecule has 0 spiro atoms. The van der Waals surface area contributed by atoms with E-state index in [4.69, 9.17) is 5.11 Å². The van der Waals surface area contributed by atoms with Gasteiger partial charge in [-0.2, -0.15) is 0 Å². The molecule has 4 heteroatoms. The number of nitrogens with zero attached hydrogens (tertiary/aromatic N) is 1. The molecule has 0 aliphatic heterocycles. The van der Waals surface area contributed by atoms with Crippen molar-refractivity contribution in [2.24, 2.45) is 0 Å². The summed E-state index contributed by atoms with van der Waals surface area (Å²) < 4.78 is 13.0. The Bertz CT molecular complexity index is 382. The van der Waals surface area contributed by atoms with Crippen LogP contribution in [0.25, 0.3) is 0 Å². The third-order valence-corrected chi connectivity index (χ3v) is 3.37. The Morgan fingerprint density at radius 3 is 2.72 bits per heavy atom. The minimum absolute atomic E-state index is 0.145. The average Bonchev–Trinajstić information content (AvgIpc) is 3.18. The van der Waals surface area contributed by atoms with Gasteiger partial charge in [0.05, 0.1) is 12.7 Å². The van der Waals surface area contributed by atoms with E-state index >= 15 is 0 Å². The minimum atomic E-state index is -0.638. The van der Waals surface area contributed by atoms with Crippen molar-refractivity contribution in [3.05, 3.63) is 35.6 Å². The molecule has 2 rings (SSSR count). The van der Waals surface area contributed by atoms with E-state index in [-0.39, 0.29) is 12.4 Å². The van der Waals surface area contributed by atoms with Crippen LogP contribution in [0.4, 0.5) is 4.39 Å². The predicted octanol–water partition coefficient (Wildman–Crippen LogP) is 1.71. The second-order valence-electron chi connectivity index (χ2n) is 4.85. The minimum Gasteiger partial charge on any atom is -0.395 e. The van der Waals surface area contributed by atoms with Crippen molar-refractivity contribution in [1.29, 1.82) is 0 Å².